The number of nitrogens with zero attached hydrogens (tertiary/aromatic N) is 1. The molecular formula is C18H25FN2O2. The van der Waals surface area contributed by atoms with Gasteiger partial charge in [0, 0.05) is 13.1 Å². The maximum absolute atomic E-state index is 13.8. The lowest BCUT2D eigenvalue weighted by Crippen LogP contribution is -2.50. The monoisotopic (exact) mass is 320 g/mol. The number of benzene rings is 1. The van der Waals surface area contributed by atoms with E-state index < -0.39 is 17.8 Å². The van der Waals surface area contributed by atoms with Gasteiger partial charge in [-0.05, 0) is 43.7 Å². The van der Waals surface area contributed by atoms with E-state index in [0.29, 0.717) is 6.42 Å². The molecule has 1 fully saturated rings. The number of rotatable bonds is 5. The molecule has 0 unspecified atom stereocenters. The van der Waals surface area contributed by atoms with Crippen molar-refractivity contribution in [2.45, 2.75) is 45.6 Å². The van der Waals surface area contributed by atoms with Gasteiger partial charge in [-0.3, -0.25) is 9.59 Å². The Balaban J connectivity index is 2.10. The number of piperidine rings is 1. The number of hydrogen-bond donors (Lipinski definition) is 1. The predicted octanol–water partition coefficient (Wildman–Crippen LogP) is 2.98. The summed E-state index contributed by atoms with van der Waals surface area (Å²) in [5.41, 5.74) is -0.0206. The van der Waals surface area contributed by atoms with Crippen LogP contribution in [0.25, 0.3) is 0 Å². The third kappa shape index (κ3) is 4.78. The van der Waals surface area contributed by atoms with Gasteiger partial charge in [-0.1, -0.05) is 26.0 Å². The lowest BCUT2D eigenvalue weighted by Gasteiger charge is -2.31. The van der Waals surface area contributed by atoms with Crippen molar-refractivity contribution in [2.75, 3.05) is 13.1 Å². The highest BCUT2D eigenvalue weighted by atomic mass is 19.1. The number of carbonyl (C=O) groups is 2. The second-order valence-corrected chi connectivity index (χ2v) is 6.52. The second kappa shape index (κ2) is 8.09. The van der Waals surface area contributed by atoms with Gasteiger partial charge in [-0.15, -0.1) is 0 Å². The summed E-state index contributed by atoms with van der Waals surface area (Å²) in [6, 6.07) is 5.24. The molecule has 0 bridgehead atoms. The van der Waals surface area contributed by atoms with E-state index in [1.807, 2.05) is 18.7 Å². The molecule has 1 aromatic carbocycles. The summed E-state index contributed by atoms with van der Waals surface area (Å²) in [4.78, 5) is 26.8. The van der Waals surface area contributed by atoms with Crippen LogP contribution in [0, 0.1) is 11.7 Å². The first-order chi connectivity index (χ1) is 11.0. The zero-order valence-electron chi connectivity index (χ0n) is 13.8. The maximum Gasteiger partial charge on any atom is 0.254 e. The molecule has 1 saturated heterocycles. The average molecular weight is 320 g/mol. The van der Waals surface area contributed by atoms with Crippen LogP contribution < -0.4 is 5.32 Å². The number of likely N-dealkylation sites (tertiary alicyclic amines) is 1. The van der Waals surface area contributed by atoms with Gasteiger partial charge in [0.25, 0.3) is 5.91 Å². The molecule has 2 amide bonds. The van der Waals surface area contributed by atoms with Crippen molar-refractivity contribution >= 4 is 11.8 Å². The third-order valence-electron chi connectivity index (χ3n) is 4.10. The zero-order chi connectivity index (χ0) is 16.8. The van der Waals surface area contributed by atoms with E-state index >= 15 is 0 Å². The second-order valence-electron chi connectivity index (χ2n) is 6.52. The minimum atomic E-state index is -0.597. The first-order valence-corrected chi connectivity index (χ1v) is 8.33. The molecule has 126 valence electrons. The standard InChI is InChI=1S/C18H25FN2O2/c1-13(2)12-16(18(23)21-10-6-3-7-11-21)20-17(22)14-8-4-5-9-15(14)19/h4-5,8-9,13,16H,3,6-7,10-12H2,1-2H3,(H,20,22)/t16-/m1/s1. The topological polar surface area (TPSA) is 49.4 Å². The fraction of sp³-hybridized carbons (Fsp3) is 0.556. The van der Waals surface area contributed by atoms with Crippen molar-refractivity contribution in [3.8, 4) is 0 Å². The van der Waals surface area contributed by atoms with Gasteiger partial charge in [0.2, 0.25) is 5.91 Å². The largest absolute Gasteiger partial charge is 0.341 e. The van der Waals surface area contributed by atoms with E-state index in [2.05, 4.69) is 5.32 Å². The van der Waals surface area contributed by atoms with Crippen molar-refractivity contribution in [3.05, 3.63) is 35.6 Å². The van der Waals surface area contributed by atoms with Crippen molar-refractivity contribution in [2.24, 2.45) is 5.92 Å². The van der Waals surface area contributed by atoms with Gasteiger partial charge >= 0.3 is 0 Å². The summed E-state index contributed by atoms with van der Waals surface area (Å²) in [6.45, 7) is 5.49. The molecule has 0 saturated carbocycles. The van der Waals surface area contributed by atoms with Crippen LogP contribution in [0.5, 0.6) is 0 Å². The van der Waals surface area contributed by atoms with Gasteiger partial charge in [0.15, 0.2) is 0 Å². The van der Waals surface area contributed by atoms with E-state index in [1.54, 1.807) is 6.07 Å². The minimum absolute atomic E-state index is 0.0206. The number of hydrogen-bond acceptors (Lipinski definition) is 2. The molecule has 0 radical (unpaired) electrons. The quantitative estimate of drug-likeness (QED) is 0.907. The summed E-state index contributed by atoms with van der Waals surface area (Å²) in [5, 5.41) is 2.73. The van der Waals surface area contributed by atoms with E-state index in [0.717, 1.165) is 32.4 Å². The Hall–Kier alpha value is -1.91. The average Bonchev–Trinajstić information content (AvgIpc) is 2.54. The molecule has 0 aliphatic carbocycles. The SMILES string of the molecule is CC(C)C[C@@H](NC(=O)c1ccccc1F)C(=O)N1CCCCC1. The Labute approximate surface area is 137 Å². The molecule has 2 rings (SSSR count). The molecular weight excluding hydrogens is 295 g/mol. The molecule has 1 aliphatic heterocycles. The Bertz CT molecular complexity index is 554. The summed E-state index contributed by atoms with van der Waals surface area (Å²) in [5.74, 6) is -0.893. The van der Waals surface area contributed by atoms with E-state index in [-0.39, 0.29) is 17.4 Å². The molecule has 1 aromatic rings. The van der Waals surface area contributed by atoms with Crippen molar-refractivity contribution in [1.82, 2.24) is 10.2 Å². The molecule has 23 heavy (non-hydrogen) atoms. The summed E-state index contributed by atoms with van der Waals surface area (Å²) < 4.78 is 13.8. The minimum Gasteiger partial charge on any atom is -0.341 e. The first kappa shape index (κ1) is 17.4. The Morgan fingerprint density at radius 3 is 2.43 bits per heavy atom. The number of nitrogens with one attached hydrogen (secondary N) is 1. The molecule has 1 atom stereocenters. The van der Waals surface area contributed by atoms with Crippen LogP contribution in [0.15, 0.2) is 24.3 Å². The smallest absolute Gasteiger partial charge is 0.254 e. The molecule has 0 aromatic heterocycles. The normalized spacial score (nSPS) is 16.3. The lowest BCUT2D eigenvalue weighted by atomic mass is 10.0. The highest BCUT2D eigenvalue weighted by Crippen LogP contribution is 2.15. The number of halogens is 1. The Morgan fingerprint density at radius 2 is 1.83 bits per heavy atom. The lowest BCUT2D eigenvalue weighted by molar-refractivity contribution is -0.134. The van der Waals surface area contributed by atoms with Gasteiger partial charge in [0.1, 0.15) is 11.9 Å². The Kier molecular flexibility index (Phi) is 6.13. The molecule has 1 heterocycles. The van der Waals surface area contributed by atoms with Gasteiger partial charge < -0.3 is 10.2 Å². The van der Waals surface area contributed by atoms with E-state index in [9.17, 15) is 14.0 Å². The fourth-order valence-corrected chi connectivity index (χ4v) is 2.91. The highest BCUT2D eigenvalue weighted by Gasteiger charge is 2.28. The number of amides is 2. The molecule has 5 heteroatoms. The molecule has 1 aliphatic rings. The van der Waals surface area contributed by atoms with Crippen molar-refractivity contribution < 1.29 is 14.0 Å². The predicted molar refractivity (Wildman–Crippen MR) is 87.5 cm³/mol. The molecule has 0 spiro atoms. The third-order valence-corrected chi connectivity index (χ3v) is 4.10. The van der Waals surface area contributed by atoms with Crippen LogP contribution in [-0.2, 0) is 4.79 Å². The molecule has 1 N–H and O–H groups in total. The van der Waals surface area contributed by atoms with E-state index in [1.165, 1.54) is 18.2 Å². The number of carbonyl (C=O) groups excluding carboxylic acids is 2. The van der Waals surface area contributed by atoms with Gasteiger partial charge in [-0.25, -0.2) is 4.39 Å². The van der Waals surface area contributed by atoms with Crippen molar-refractivity contribution in [3.63, 3.8) is 0 Å². The van der Waals surface area contributed by atoms with Crippen LogP contribution >= 0.6 is 0 Å². The zero-order valence-corrected chi connectivity index (χ0v) is 13.8. The van der Waals surface area contributed by atoms with Crippen LogP contribution in [0.3, 0.4) is 0 Å². The maximum atomic E-state index is 13.8. The Morgan fingerprint density at radius 1 is 1.17 bits per heavy atom. The van der Waals surface area contributed by atoms with Crippen molar-refractivity contribution in [1.29, 1.82) is 0 Å². The van der Waals surface area contributed by atoms with Crippen LogP contribution in [0.2, 0.25) is 0 Å². The van der Waals surface area contributed by atoms with Crippen LogP contribution in [0.4, 0.5) is 4.39 Å². The molecule has 4 nitrogen and oxygen atoms in total. The highest BCUT2D eigenvalue weighted by molar-refractivity contribution is 5.97. The van der Waals surface area contributed by atoms with E-state index in [4.69, 9.17) is 0 Å². The van der Waals surface area contributed by atoms with Gasteiger partial charge in [-0.2, -0.15) is 0 Å². The van der Waals surface area contributed by atoms with Crippen LogP contribution in [-0.4, -0.2) is 35.8 Å². The fourth-order valence-electron chi connectivity index (χ4n) is 2.91. The first-order valence-electron chi connectivity index (χ1n) is 8.33. The van der Waals surface area contributed by atoms with Crippen LogP contribution in [0.1, 0.15) is 49.9 Å². The summed E-state index contributed by atoms with van der Waals surface area (Å²) in [7, 11) is 0. The summed E-state index contributed by atoms with van der Waals surface area (Å²) in [6.07, 6.45) is 3.69. The van der Waals surface area contributed by atoms with Gasteiger partial charge in [0.05, 0.1) is 5.56 Å². The summed E-state index contributed by atoms with van der Waals surface area (Å²) >= 11 is 0.